The van der Waals surface area contributed by atoms with Gasteiger partial charge in [0.05, 0.1) is 18.3 Å². The van der Waals surface area contributed by atoms with Gasteiger partial charge in [0.15, 0.2) is 0 Å². The topological polar surface area (TPSA) is 65.9 Å². The van der Waals surface area contributed by atoms with E-state index in [0.29, 0.717) is 5.75 Å². The Balaban J connectivity index is 2.18. The number of anilines is 1. The number of aromatic nitrogens is 1. The Morgan fingerprint density at radius 2 is 2.00 bits per heavy atom. The molecule has 2 aromatic rings. The van der Waals surface area contributed by atoms with E-state index in [2.05, 4.69) is 21.8 Å². The molecule has 1 aromatic carbocycles. The first-order chi connectivity index (χ1) is 10.6. The van der Waals surface area contributed by atoms with Crippen LogP contribution in [0.25, 0.3) is 10.9 Å². The highest BCUT2D eigenvalue weighted by molar-refractivity contribution is 6.05. The maximum absolute atomic E-state index is 11.6. The monoisotopic (exact) mass is 301 g/mol. The number of piperazine rings is 1. The van der Waals surface area contributed by atoms with Crippen LogP contribution < -0.4 is 9.64 Å². The van der Waals surface area contributed by atoms with E-state index in [1.807, 2.05) is 18.2 Å². The van der Waals surface area contributed by atoms with Crippen molar-refractivity contribution in [1.82, 2.24) is 9.88 Å². The summed E-state index contributed by atoms with van der Waals surface area (Å²) in [6.07, 6.45) is 1.45. The molecule has 1 aliphatic rings. The number of rotatable bonds is 3. The number of hydrogen-bond donors (Lipinski definition) is 1. The number of methoxy groups -OCH3 is 1. The Bertz CT molecular complexity index is 709. The summed E-state index contributed by atoms with van der Waals surface area (Å²) in [5.74, 6) is -0.252. The largest absolute Gasteiger partial charge is 0.497 e. The van der Waals surface area contributed by atoms with Gasteiger partial charge in [0.2, 0.25) is 0 Å². The fourth-order valence-electron chi connectivity index (χ4n) is 2.81. The van der Waals surface area contributed by atoms with E-state index in [1.54, 1.807) is 7.11 Å². The van der Waals surface area contributed by atoms with Crippen LogP contribution in [0.4, 0.5) is 5.69 Å². The van der Waals surface area contributed by atoms with Gasteiger partial charge in [0.1, 0.15) is 11.3 Å². The second kappa shape index (κ2) is 5.81. The van der Waals surface area contributed by atoms with Gasteiger partial charge in [-0.3, -0.25) is 4.98 Å². The molecule has 2 heterocycles. The molecule has 0 saturated carbocycles. The van der Waals surface area contributed by atoms with Gasteiger partial charge in [-0.1, -0.05) is 0 Å². The minimum Gasteiger partial charge on any atom is -0.497 e. The molecule has 0 unspecified atom stereocenters. The minimum atomic E-state index is -0.953. The summed E-state index contributed by atoms with van der Waals surface area (Å²) in [5, 5.41) is 10.3. The first-order valence-electron chi connectivity index (χ1n) is 7.23. The van der Waals surface area contributed by atoms with Gasteiger partial charge in [-0.15, -0.1) is 0 Å². The molecule has 1 N–H and O–H groups in total. The second-order valence-corrected chi connectivity index (χ2v) is 5.50. The van der Waals surface area contributed by atoms with Crippen molar-refractivity contribution < 1.29 is 14.6 Å². The van der Waals surface area contributed by atoms with Crippen molar-refractivity contribution in [2.75, 3.05) is 45.2 Å². The second-order valence-electron chi connectivity index (χ2n) is 5.50. The molecule has 1 saturated heterocycles. The Hall–Kier alpha value is -2.34. The number of ether oxygens (including phenoxy) is 1. The molecule has 116 valence electrons. The van der Waals surface area contributed by atoms with Crippen LogP contribution in [0.2, 0.25) is 0 Å². The van der Waals surface area contributed by atoms with Crippen LogP contribution in [-0.4, -0.2) is 61.3 Å². The van der Waals surface area contributed by atoms with Crippen molar-refractivity contribution >= 4 is 22.6 Å². The van der Waals surface area contributed by atoms with E-state index < -0.39 is 5.97 Å². The lowest BCUT2D eigenvalue weighted by molar-refractivity contribution is 0.0697. The lowest BCUT2D eigenvalue weighted by Gasteiger charge is -2.35. The van der Waals surface area contributed by atoms with Crippen LogP contribution in [0.15, 0.2) is 24.4 Å². The normalized spacial score (nSPS) is 16.0. The summed E-state index contributed by atoms with van der Waals surface area (Å²) in [5.41, 5.74) is 1.76. The van der Waals surface area contributed by atoms with Gasteiger partial charge < -0.3 is 19.6 Å². The predicted molar refractivity (Wildman–Crippen MR) is 85.0 cm³/mol. The van der Waals surface area contributed by atoms with Crippen LogP contribution in [-0.2, 0) is 0 Å². The summed E-state index contributed by atoms with van der Waals surface area (Å²) in [6.45, 7) is 3.42. The average Bonchev–Trinajstić information content (AvgIpc) is 2.54. The summed E-state index contributed by atoms with van der Waals surface area (Å²) >= 11 is 0. The Morgan fingerprint density at radius 1 is 1.27 bits per heavy atom. The summed E-state index contributed by atoms with van der Waals surface area (Å²) in [7, 11) is 3.67. The van der Waals surface area contributed by atoms with Crippen molar-refractivity contribution in [1.29, 1.82) is 0 Å². The molecule has 6 nitrogen and oxygen atoms in total. The number of pyridine rings is 1. The van der Waals surface area contributed by atoms with E-state index in [1.165, 1.54) is 6.20 Å². The van der Waals surface area contributed by atoms with Crippen LogP contribution >= 0.6 is 0 Å². The van der Waals surface area contributed by atoms with Crippen LogP contribution in [0.1, 0.15) is 10.4 Å². The molecule has 0 bridgehead atoms. The highest BCUT2D eigenvalue weighted by Gasteiger charge is 2.23. The van der Waals surface area contributed by atoms with Gasteiger partial charge in [-0.25, -0.2) is 4.79 Å². The van der Waals surface area contributed by atoms with Gasteiger partial charge in [0, 0.05) is 37.8 Å². The third-order valence-corrected chi connectivity index (χ3v) is 4.10. The molecule has 22 heavy (non-hydrogen) atoms. The number of likely N-dealkylation sites (N-methyl/N-ethyl adjacent to an activating group) is 1. The lowest BCUT2D eigenvalue weighted by atomic mass is 10.1. The van der Waals surface area contributed by atoms with Crippen molar-refractivity contribution in [2.24, 2.45) is 0 Å². The molecule has 0 spiro atoms. The van der Waals surface area contributed by atoms with E-state index in [9.17, 15) is 9.90 Å². The molecule has 0 aliphatic carbocycles. The predicted octanol–water partition coefficient (Wildman–Crippen LogP) is 1.69. The van der Waals surface area contributed by atoms with Crippen LogP contribution in [0.5, 0.6) is 5.75 Å². The maximum atomic E-state index is 11.6. The quantitative estimate of drug-likeness (QED) is 0.930. The maximum Gasteiger partial charge on any atom is 0.339 e. The SMILES string of the molecule is COc1ccc2ncc(C(=O)O)c(N3CCN(C)CC3)c2c1. The van der Waals surface area contributed by atoms with Gasteiger partial charge >= 0.3 is 5.97 Å². The van der Waals surface area contributed by atoms with Crippen molar-refractivity contribution in [3.05, 3.63) is 30.0 Å². The number of fused-ring (bicyclic) bond motifs is 1. The number of carboxylic acids is 1. The zero-order valence-electron chi connectivity index (χ0n) is 12.7. The molecule has 0 radical (unpaired) electrons. The fraction of sp³-hybridized carbons (Fsp3) is 0.375. The number of carbonyl (C=O) groups is 1. The molecule has 6 heteroatoms. The lowest BCUT2D eigenvalue weighted by Crippen LogP contribution is -2.45. The molecule has 0 atom stereocenters. The Labute approximate surface area is 128 Å². The third-order valence-electron chi connectivity index (χ3n) is 4.10. The number of carboxylic acid groups (broad SMARTS) is 1. The van der Waals surface area contributed by atoms with E-state index >= 15 is 0 Å². The van der Waals surface area contributed by atoms with Crippen LogP contribution in [0.3, 0.4) is 0 Å². The third kappa shape index (κ3) is 2.57. The van der Waals surface area contributed by atoms with Gasteiger partial charge in [0.25, 0.3) is 0 Å². The first-order valence-corrected chi connectivity index (χ1v) is 7.23. The zero-order chi connectivity index (χ0) is 15.7. The number of aromatic carboxylic acids is 1. The highest BCUT2D eigenvalue weighted by atomic mass is 16.5. The molecule has 3 rings (SSSR count). The Morgan fingerprint density at radius 3 is 2.64 bits per heavy atom. The summed E-state index contributed by atoms with van der Waals surface area (Å²) < 4.78 is 5.28. The minimum absolute atomic E-state index is 0.241. The molecular weight excluding hydrogens is 282 g/mol. The highest BCUT2D eigenvalue weighted by Crippen LogP contribution is 2.32. The van der Waals surface area contributed by atoms with E-state index in [4.69, 9.17) is 4.74 Å². The molecule has 1 aliphatic heterocycles. The Kier molecular flexibility index (Phi) is 3.85. The van der Waals surface area contributed by atoms with Crippen molar-refractivity contribution in [3.63, 3.8) is 0 Å². The standard InChI is InChI=1S/C16H19N3O3/c1-18-5-7-19(8-6-18)15-12-9-11(22-2)3-4-14(12)17-10-13(15)16(20)21/h3-4,9-10H,5-8H2,1-2H3,(H,20,21). The molecule has 0 amide bonds. The summed E-state index contributed by atoms with van der Waals surface area (Å²) in [6, 6.07) is 5.56. The fourth-order valence-corrected chi connectivity index (χ4v) is 2.81. The number of hydrogen-bond acceptors (Lipinski definition) is 5. The zero-order valence-corrected chi connectivity index (χ0v) is 12.7. The smallest absolute Gasteiger partial charge is 0.339 e. The number of nitrogens with zero attached hydrogens (tertiary/aromatic N) is 3. The molecule has 1 aromatic heterocycles. The van der Waals surface area contributed by atoms with E-state index in [-0.39, 0.29) is 5.56 Å². The molecule has 1 fully saturated rings. The van der Waals surface area contributed by atoms with Gasteiger partial charge in [-0.2, -0.15) is 0 Å². The van der Waals surface area contributed by atoms with Crippen molar-refractivity contribution in [2.45, 2.75) is 0 Å². The first kappa shape index (κ1) is 14.6. The van der Waals surface area contributed by atoms with Crippen LogP contribution in [0, 0.1) is 0 Å². The van der Waals surface area contributed by atoms with Gasteiger partial charge in [-0.05, 0) is 25.2 Å². The van der Waals surface area contributed by atoms with E-state index in [0.717, 1.165) is 42.8 Å². The van der Waals surface area contributed by atoms with Crippen molar-refractivity contribution in [3.8, 4) is 5.75 Å². The number of benzene rings is 1. The average molecular weight is 301 g/mol. The summed E-state index contributed by atoms with van der Waals surface area (Å²) in [4.78, 5) is 20.3. The molecular formula is C16H19N3O3.